The minimum absolute atomic E-state index is 0.0354. The highest BCUT2D eigenvalue weighted by atomic mass is 16.4. The number of aromatic nitrogens is 1. The van der Waals surface area contributed by atoms with Crippen molar-refractivity contribution in [2.75, 3.05) is 6.61 Å². The number of aryl methyl sites for hydroxylation is 1. The Morgan fingerprint density at radius 3 is 2.68 bits per heavy atom. The lowest BCUT2D eigenvalue weighted by Crippen LogP contribution is -2.52. The van der Waals surface area contributed by atoms with E-state index in [9.17, 15) is 24.6 Å². The molecule has 22 heavy (non-hydrogen) atoms. The number of benzene rings is 1. The average Bonchev–Trinajstić information content (AvgIpc) is 2.81. The van der Waals surface area contributed by atoms with Gasteiger partial charge in [-0.15, -0.1) is 0 Å². The molecule has 2 aromatic rings. The van der Waals surface area contributed by atoms with E-state index in [4.69, 9.17) is 0 Å². The number of ketones is 2. The molecule has 0 saturated carbocycles. The molecule has 1 aliphatic carbocycles. The summed E-state index contributed by atoms with van der Waals surface area (Å²) in [6, 6.07) is 7.21. The van der Waals surface area contributed by atoms with Crippen LogP contribution in [0.5, 0.6) is 0 Å². The van der Waals surface area contributed by atoms with Gasteiger partial charge in [-0.3, -0.25) is 9.59 Å². The van der Waals surface area contributed by atoms with Gasteiger partial charge in [0.15, 0.2) is 11.6 Å². The number of aliphatic carboxylic acids is 1. The van der Waals surface area contributed by atoms with E-state index < -0.39 is 29.6 Å². The summed E-state index contributed by atoms with van der Waals surface area (Å²) >= 11 is 0. The van der Waals surface area contributed by atoms with Crippen molar-refractivity contribution in [1.82, 2.24) is 4.57 Å². The Labute approximate surface area is 126 Å². The molecule has 0 amide bonds. The van der Waals surface area contributed by atoms with Gasteiger partial charge in [0.25, 0.3) is 0 Å². The minimum Gasteiger partial charge on any atom is -0.542 e. The Balaban J connectivity index is 2.27. The minimum atomic E-state index is -1.94. The fourth-order valence-corrected chi connectivity index (χ4v) is 3.31. The first kappa shape index (κ1) is 14.5. The van der Waals surface area contributed by atoms with Gasteiger partial charge >= 0.3 is 0 Å². The highest BCUT2D eigenvalue weighted by Gasteiger charge is 2.50. The lowest BCUT2D eigenvalue weighted by atomic mass is 9.69. The molecule has 1 N–H and O–H groups in total. The second kappa shape index (κ2) is 4.78. The molecule has 0 spiro atoms. The third-order valence-corrected chi connectivity index (χ3v) is 4.57. The highest BCUT2D eigenvalue weighted by molar-refractivity contribution is 6.41. The smallest absolute Gasteiger partial charge is 0.194 e. The summed E-state index contributed by atoms with van der Waals surface area (Å²) in [6.07, 6.45) is 0.304. The topological polar surface area (TPSA) is 99.4 Å². The van der Waals surface area contributed by atoms with E-state index in [0.29, 0.717) is 17.4 Å². The third kappa shape index (κ3) is 1.67. The zero-order chi connectivity index (χ0) is 16.1. The number of carbonyl (C=O) groups excluding carboxylic acids is 3. The number of fused-ring (bicyclic) bond motifs is 3. The van der Waals surface area contributed by atoms with Crippen molar-refractivity contribution >= 4 is 28.4 Å². The zero-order valence-electron chi connectivity index (χ0n) is 12.0. The van der Waals surface area contributed by atoms with Crippen molar-refractivity contribution in [3.63, 3.8) is 0 Å². The largest absolute Gasteiger partial charge is 0.542 e. The molecule has 1 atom stereocenters. The highest BCUT2D eigenvalue weighted by Crippen LogP contribution is 2.40. The summed E-state index contributed by atoms with van der Waals surface area (Å²) in [5, 5.41) is 21.2. The van der Waals surface area contributed by atoms with Crippen molar-refractivity contribution in [1.29, 1.82) is 0 Å². The van der Waals surface area contributed by atoms with E-state index in [-0.39, 0.29) is 6.42 Å². The fourth-order valence-electron chi connectivity index (χ4n) is 3.31. The molecule has 0 saturated heterocycles. The molecule has 0 bridgehead atoms. The number of hydrogen-bond acceptors (Lipinski definition) is 5. The quantitative estimate of drug-likeness (QED) is 0.614. The molecule has 6 nitrogen and oxygen atoms in total. The number of aliphatic hydroxyl groups excluding tert-OH is 1. The number of rotatable bonds is 3. The van der Waals surface area contributed by atoms with E-state index in [2.05, 4.69) is 0 Å². The van der Waals surface area contributed by atoms with Gasteiger partial charge in [0.1, 0.15) is 11.4 Å². The normalized spacial score (nSPS) is 20.9. The maximum absolute atomic E-state index is 12.9. The van der Waals surface area contributed by atoms with E-state index in [0.717, 1.165) is 11.2 Å². The molecule has 114 valence electrons. The van der Waals surface area contributed by atoms with E-state index in [1.807, 2.05) is 23.7 Å². The monoisotopic (exact) mass is 300 g/mol. The SMILES string of the molecule is Cn1c2c(c3ccccc31)C(=O)C(CO)(C(=O)C(=O)[O-])CC2. The predicted molar refractivity (Wildman–Crippen MR) is 75.1 cm³/mol. The molecule has 1 aromatic carbocycles. The van der Waals surface area contributed by atoms with Gasteiger partial charge in [-0.2, -0.15) is 0 Å². The van der Waals surface area contributed by atoms with Gasteiger partial charge in [0.2, 0.25) is 0 Å². The van der Waals surface area contributed by atoms with Crippen LogP contribution in [-0.2, 0) is 23.1 Å². The van der Waals surface area contributed by atoms with Crippen LogP contribution in [0, 0.1) is 5.41 Å². The molecule has 1 heterocycles. The summed E-state index contributed by atoms with van der Waals surface area (Å²) in [4.78, 5) is 35.8. The number of carboxylic acid groups (broad SMARTS) is 1. The number of carbonyl (C=O) groups is 3. The van der Waals surface area contributed by atoms with Crippen molar-refractivity contribution in [2.24, 2.45) is 12.5 Å². The average molecular weight is 300 g/mol. The number of Topliss-reactive ketones (excluding diaryl/α,β-unsaturated/α-hetero) is 2. The Morgan fingerprint density at radius 1 is 1.36 bits per heavy atom. The lowest BCUT2D eigenvalue weighted by Gasteiger charge is -2.33. The molecule has 1 aliphatic rings. The van der Waals surface area contributed by atoms with Crippen molar-refractivity contribution in [3.05, 3.63) is 35.5 Å². The Hall–Kier alpha value is -2.47. The van der Waals surface area contributed by atoms with Gasteiger partial charge in [0.05, 0.1) is 6.61 Å². The fraction of sp³-hybridized carbons (Fsp3) is 0.312. The summed E-state index contributed by atoms with van der Waals surface area (Å²) in [6.45, 7) is -0.832. The van der Waals surface area contributed by atoms with Crippen molar-refractivity contribution in [3.8, 4) is 0 Å². The van der Waals surface area contributed by atoms with Crippen molar-refractivity contribution < 1.29 is 24.6 Å². The molecular weight excluding hydrogens is 286 g/mol. The molecule has 0 radical (unpaired) electrons. The molecular formula is C16H14NO5-. The third-order valence-electron chi connectivity index (χ3n) is 4.57. The second-order valence-corrected chi connectivity index (χ2v) is 5.58. The van der Waals surface area contributed by atoms with E-state index >= 15 is 0 Å². The standard InChI is InChI=1S/C16H15NO5/c1-17-10-5-3-2-4-9(10)12-11(17)6-7-16(8-18,13(12)19)14(20)15(21)22/h2-5,18H,6-8H2,1H3,(H,21,22)/p-1. The second-order valence-electron chi connectivity index (χ2n) is 5.58. The summed E-state index contributed by atoms with van der Waals surface area (Å²) in [7, 11) is 1.82. The van der Waals surface area contributed by atoms with Crippen LogP contribution in [0.15, 0.2) is 24.3 Å². The zero-order valence-corrected chi connectivity index (χ0v) is 12.0. The first-order valence-corrected chi connectivity index (χ1v) is 6.92. The van der Waals surface area contributed by atoms with Gasteiger partial charge in [-0.1, -0.05) is 18.2 Å². The number of para-hydroxylation sites is 1. The predicted octanol–water partition coefficient (Wildman–Crippen LogP) is -0.395. The van der Waals surface area contributed by atoms with Gasteiger partial charge in [0, 0.05) is 29.2 Å². The molecule has 0 fully saturated rings. The maximum atomic E-state index is 12.9. The van der Waals surface area contributed by atoms with Crippen LogP contribution in [0.25, 0.3) is 10.9 Å². The van der Waals surface area contributed by atoms with Crippen LogP contribution >= 0.6 is 0 Å². The first-order chi connectivity index (χ1) is 10.4. The van der Waals surface area contributed by atoms with Crippen LogP contribution in [0.1, 0.15) is 22.5 Å². The first-order valence-electron chi connectivity index (χ1n) is 6.92. The molecule has 1 aromatic heterocycles. The van der Waals surface area contributed by atoms with Crippen LogP contribution in [-0.4, -0.2) is 33.8 Å². The number of nitrogens with zero attached hydrogens (tertiary/aromatic N) is 1. The Kier molecular flexibility index (Phi) is 3.14. The summed E-state index contributed by atoms with van der Waals surface area (Å²) in [5.74, 6) is -3.92. The van der Waals surface area contributed by atoms with Gasteiger partial charge in [-0.05, 0) is 18.9 Å². The summed E-state index contributed by atoms with van der Waals surface area (Å²) < 4.78 is 1.87. The lowest BCUT2D eigenvalue weighted by molar-refractivity contribution is -0.301. The molecule has 0 aliphatic heterocycles. The molecule has 6 heteroatoms. The Bertz CT molecular complexity index is 819. The Morgan fingerprint density at radius 2 is 2.05 bits per heavy atom. The van der Waals surface area contributed by atoms with E-state index in [1.54, 1.807) is 12.1 Å². The van der Waals surface area contributed by atoms with Crippen LogP contribution in [0.3, 0.4) is 0 Å². The van der Waals surface area contributed by atoms with Gasteiger partial charge < -0.3 is 19.6 Å². The maximum Gasteiger partial charge on any atom is 0.194 e. The number of carboxylic acids is 1. The van der Waals surface area contributed by atoms with E-state index in [1.165, 1.54) is 0 Å². The number of aliphatic hydroxyl groups is 1. The van der Waals surface area contributed by atoms with Crippen molar-refractivity contribution in [2.45, 2.75) is 12.8 Å². The summed E-state index contributed by atoms with van der Waals surface area (Å²) in [5.41, 5.74) is -0.0272. The van der Waals surface area contributed by atoms with Crippen LogP contribution < -0.4 is 5.11 Å². The van der Waals surface area contributed by atoms with Crippen LogP contribution in [0.2, 0.25) is 0 Å². The molecule has 3 rings (SSSR count). The number of hydrogen-bond donors (Lipinski definition) is 1. The molecule has 1 unspecified atom stereocenters. The van der Waals surface area contributed by atoms with Gasteiger partial charge in [-0.25, -0.2) is 0 Å². The van der Waals surface area contributed by atoms with Crippen LogP contribution in [0.4, 0.5) is 0 Å².